The van der Waals surface area contributed by atoms with E-state index in [1.165, 1.54) is 0 Å². The molecule has 0 aliphatic carbocycles. The highest BCUT2D eigenvalue weighted by molar-refractivity contribution is 5.85. The lowest BCUT2D eigenvalue weighted by atomic mass is 9.94. The lowest BCUT2D eigenvalue weighted by molar-refractivity contribution is 0.454. The summed E-state index contributed by atoms with van der Waals surface area (Å²) in [5, 5.41) is 13.6. The smallest absolute Gasteiger partial charge is 0.220 e. The SMILES string of the molecule is CCc1cccc(O)c1-c1cc(C2CCCNC2)nc(N)n1.Cl.Cl. The van der Waals surface area contributed by atoms with Gasteiger partial charge in [-0.3, -0.25) is 0 Å². The first-order chi connectivity index (χ1) is 10.7. The number of aromatic hydroxyl groups is 1. The number of benzene rings is 1. The van der Waals surface area contributed by atoms with E-state index in [9.17, 15) is 5.11 Å². The van der Waals surface area contributed by atoms with E-state index in [2.05, 4.69) is 22.2 Å². The molecule has 1 aliphatic rings. The van der Waals surface area contributed by atoms with Gasteiger partial charge >= 0.3 is 0 Å². The molecule has 1 unspecified atom stereocenters. The minimum Gasteiger partial charge on any atom is -0.507 e. The van der Waals surface area contributed by atoms with Gasteiger partial charge in [0.05, 0.1) is 11.4 Å². The van der Waals surface area contributed by atoms with Gasteiger partial charge < -0.3 is 16.2 Å². The zero-order chi connectivity index (χ0) is 15.5. The average Bonchev–Trinajstić information content (AvgIpc) is 2.54. The molecule has 2 heterocycles. The fourth-order valence-corrected chi connectivity index (χ4v) is 3.10. The molecule has 1 fully saturated rings. The molecular formula is C17H24Cl2N4O. The molecule has 0 spiro atoms. The molecule has 2 aromatic rings. The van der Waals surface area contributed by atoms with Crippen LogP contribution in [0.5, 0.6) is 5.75 Å². The summed E-state index contributed by atoms with van der Waals surface area (Å²) in [6, 6.07) is 7.53. The fraction of sp³-hybridized carbons (Fsp3) is 0.412. The number of phenolic OH excluding ortho intramolecular Hbond substituents is 1. The maximum Gasteiger partial charge on any atom is 0.220 e. The van der Waals surface area contributed by atoms with Crippen molar-refractivity contribution in [3.8, 4) is 17.0 Å². The molecule has 1 aliphatic heterocycles. The Morgan fingerprint density at radius 3 is 2.75 bits per heavy atom. The number of hydrogen-bond acceptors (Lipinski definition) is 5. The predicted molar refractivity (Wildman–Crippen MR) is 102 cm³/mol. The molecule has 0 amide bonds. The summed E-state index contributed by atoms with van der Waals surface area (Å²) >= 11 is 0. The van der Waals surface area contributed by atoms with E-state index in [0.29, 0.717) is 11.6 Å². The largest absolute Gasteiger partial charge is 0.507 e. The Morgan fingerprint density at radius 2 is 2.08 bits per heavy atom. The molecular weight excluding hydrogens is 347 g/mol. The molecule has 0 radical (unpaired) electrons. The molecule has 24 heavy (non-hydrogen) atoms. The van der Waals surface area contributed by atoms with Crippen molar-refractivity contribution >= 4 is 30.8 Å². The van der Waals surface area contributed by atoms with Crippen molar-refractivity contribution in [1.82, 2.24) is 15.3 Å². The van der Waals surface area contributed by atoms with Crippen molar-refractivity contribution in [2.75, 3.05) is 18.8 Å². The van der Waals surface area contributed by atoms with E-state index in [-0.39, 0.29) is 36.5 Å². The first-order valence-electron chi connectivity index (χ1n) is 7.85. The Balaban J connectivity index is 0.00000144. The molecule has 0 bridgehead atoms. The van der Waals surface area contributed by atoms with E-state index >= 15 is 0 Å². The number of anilines is 1. The highest BCUT2D eigenvalue weighted by Gasteiger charge is 2.20. The minimum atomic E-state index is 0. The second-order valence-corrected chi connectivity index (χ2v) is 5.74. The molecule has 4 N–H and O–H groups in total. The number of aromatic nitrogens is 2. The molecule has 132 valence electrons. The predicted octanol–water partition coefficient (Wildman–Crippen LogP) is 3.30. The summed E-state index contributed by atoms with van der Waals surface area (Å²) in [5.41, 5.74) is 9.42. The third kappa shape index (κ3) is 4.29. The van der Waals surface area contributed by atoms with Gasteiger partial charge in [0.1, 0.15) is 5.75 Å². The summed E-state index contributed by atoms with van der Waals surface area (Å²) in [6.07, 6.45) is 3.07. The number of nitrogens with one attached hydrogen (secondary N) is 1. The summed E-state index contributed by atoms with van der Waals surface area (Å²) in [5.74, 6) is 0.863. The number of phenols is 1. The van der Waals surface area contributed by atoms with E-state index in [1.807, 2.05) is 18.2 Å². The molecule has 1 aromatic heterocycles. The molecule has 3 rings (SSSR count). The normalized spacial score (nSPS) is 16.8. The van der Waals surface area contributed by atoms with Crippen LogP contribution in [0.15, 0.2) is 24.3 Å². The molecule has 1 saturated heterocycles. The highest BCUT2D eigenvalue weighted by atomic mass is 35.5. The first-order valence-corrected chi connectivity index (χ1v) is 7.85. The van der Waals surface area contributed by atoms with E-state index < -0.39 is 0 Å². The number of nitrogen functional groups attached to an aromatic ring is 1. The molecule has 0 saturated carbocycles. The molecule has 1 aromatic carbocycles. The molecule has 7 heteroatoms. The van der Waals surface area contributed by atoms with Crippen LogP contribution in [0.1, 0.15) is 36.9 Å². The Labute approximate surface area is 154 Å². The number of piperidine rings is 1. The topological polar surface area (TPSA) is 84.1 Å². The van der Waals surface area contributed by atoms with Crippen LogP contribution >= 0.6 is 24.8 Å². The van der Waals surface area contributed by atoms with E-state index in [1.54, 1.807) is 6.07 Å². The summed E-state index contributed by atoms with van der Waals surface area (Å²) in [6.45, 7) is 4.04. The first kappa shape index (κ1) is 20.5. The van der Waals surface area contributed by atoms with Crippen molar-refractivity contribution in [1.29, 1.82) is 0 Å². The number of nitrogens with zero attached hydrogens (tertiary/aromatic N) is 2. The minimum absolute atomic E-state index is 0. The van der Waals surface area contributed by atoms with Gasteiger partial charge in [-0.05, 0) is 43.5 Å². The van der Waals surface area contributed by atoms with Gasteiger partial charge in [-0.2, -0.15) is 0 Å². The van der Waals surface area contributed by atoms with Gasteiger partial charge in [0.2, 0.25) is 5.95 Å². The molecule has 1 atom stereocenters. The summed E-state index contributed by atoms with van der Waals surface area (Å²) < 4.78 is 0. The highest BCUT2D eigenvalue weighted by Crippen LogP contribution is 2.34. The Kier molecular flexibility index (Phi) is 7.73. The third-order valence-electron chi connectivity index (χ3n) is 4.24. The van der Waals surface area contributed by atoms with Crippen molar-refractivity contribution < 1.29 is 5.11 Å². The van der Waals surface area contributed by atoms with Crippen LogP contribution in [-0.2, 0) is 6.42 Å². The van der Waals surface area contributed by atoms with E-state index in [0.717, 1.165) is 49.2 Å². The quantitative estimate of drug-likeness (QED) is 0.771. The van der Waals surface area contributed by atoms with Gasteiger partial charge in [0.25, 0.3) is 0 Å². The maximum atomic E-state index is 10.3. The zero-order valence-electron chi connectivity index (χ0n) is 13.7. The van der Waals surface area contributed by atoms with Gasteiger partial charge in [0, 0.05) is 18.0 Å². The van der Waals surface area contributed by atoms with Crippen LogP contribution in [0, 0.1) is 0 Å². The van der Waals surface area contributed by atoms with Crippen LogP contribution in [0.25, 0.3) is 11.3 Å². The van der Waals surface area contributed by atoms with Gasteiger partial charge in [-0.25, -0.2) is 9.97 Å². The van der Waals surface area contributed by atoms with Crippen LogP contribution < -0.4 is 11.1 Å². The second kappa shape index (κ2) is 9.06. The van der Waals surface area contributed by atoms with E-state index in [4.69, 9.17) is 5.73 Å². The standard InChI is InChI=1S/C17H22N4O.2ClH/c1-2-11-5-3-7-15(22)16(11)14-9-13(20-17(18)21-14)12-6-4-8-19-10-12;;/h3,5,7,9,12,19,22H,2,4,6,8,10H2,1H3,(H2,18,20,21);2*1H. The van der Waals surface area contributed by atoms with Crippen LogP contribution in [-0.4, -0.2) is 28.2 Å². The number of nitrogens with two attached hydrogens (primary N) is 1. The van der Waals surface area contributed by atoms with Gasteiger partial charge in [-0.1, -0.05) is 19.1 Å². The maximum absolute atomic E-state index is 10.3. The lowest BCUT2D eigenvalue weighted by Crippen LogP contribution is -2.29. The van der Waals surface area contributed by atoms with Crippen molar-refractivity contribution in [2.24, 2.45) is 0 Å². The van der Waals surface area contributed by atoms with Gasteiger partial charge in [0.15, 0.2) is 0 Å². The monoisotopic (exact) mass is 370 g/mol. The van der Waals surface area contributed by atoms with Crippen molar-refractivity contribution in [2.45, 2.75) is 32.1 Å². The fourth-order valence-electron chi connectivity index (χ4n) is 3.10. The zero-order valence-corrected chi connectivity index (χ0v) is 15.3. The van der Waals surface area contributed by atoms with Crippen LogP contribution in [0.4, 0.5) is 5.95 Å². The Morgan fingerprint density at radius 1 is 1.29 bits per heavy atom. The number of rotatable bonds is 3. The average molecular weight is 371 g/mol. The second-order valence-electron chi connectivity index (χ2n) is 5.74. The number of hydrogen-bond donors (Lipinski definition) is 3. The summed E-state index contributed by atoms with van der Waals surface area (Å²) in [7, 11) is 0. The lowest BCUT2D eigenvalue weighted by Gasteiger charge is -2.23. The van der Waals surface area contributed by atoms with Crippen LogP contribution in [0.2, 0.25) is 0 Å². The Hall–Kier alpha value is -1.56. The van der Waals surface area contributed by atoms with Crippen molar-refractivity contribution in [3.63, 3.8) is 0 Å². The summed E-state index contributed by atoms with van der Waals surface area (Å²) in [4.78, 5) is 8.77. The molecule has 5 nitrogen and oxygen atoms in total. The number of aryl methyl sites for hydroxylation is 1. The van der Waals surface area contributed by atoms with Crippen molar-refractivity contribution in [3.05, 3.63) is 35.5 Å². The Bertz CT molecular complexity index is 676. The van der Waals surface area contributed by atoms with Crippen LogP contribution in [0.3, 0.4) is 0 Å². The third-order valence-corrected chi connectivity index (χ3v) is 4.24. The van der Waals surface area contributed by atoms with Gasteiger partial charge in [-0.15, -0.1) is 24.8 Å². The number of halogens is 2.